The maximum Gasteiger partial charge on any atom is 0.221 e. The van der Waals surface area contributed by atoms with E-state index in [4.69, 9.17) is 4.74 Å². The molecule has 144 valence electrons. The molecular formula is C23H24N2O2S. The zero-order chi connectivity index (χ0) is 19.6. The number of nitrogens with one attached hydrogen (secondary N) is 1. The van der Waals surface area contributed by atoms with Gasteiger partial charge in [-0.25, -0.2) is 0 Å². The van der Waals surface area contributed by atoms with E-state index in [2.05, 4.69) is 10.3 Å². The van der Waals surface area contributed by atoms with Gasteiger partial charge in [0.2, 0.25) is 5.91 Å². The van der Waals surface area contributed by atoms with Crippen LogP contribution >= 0.6 is 11.8 Å². The minimum absolute atomic E-state index is 0.0400. The Labute approximate surface area is 170 Å². The number of hydrogen-bond donors (Lipinski definition) is 1. The highest BCUT2D eigenvalue weighted by atomic mass is 32.2. The second-order valence-corrected chi connectivity index (χ2v) is 7.41. The van der Waals surface area contributed by atoms with Crippen LogP contribution < -0.4 is 10.1 Å². The summed E-state index contributed by atoms with van der Waals surface area (Å²) in [6, 6.07) is 23.5. The molecule has 1 heterocycles. The van der Waals surface area contributed by atoms with E-state index in [9.17, 15) is 4.79 Å². The number of methoxy groups -OCH3 is 1. The normalized spacial score (nSPS) is 11.6. The van der Waals surface area contributed by atoms with E-state index in [1.54, 1.807) is 25.1 Å². The topological polar surface area (TPSA) is 51.2 Å². The smallest absolute Gasteiger partial charge is 0.221 e. The largest absolute Gasteiger partial charge is 0.497 e. The molecule has 1 atom stereocenters. The van der Waals surface area contributed by atoms with Gasteiger partial charge < -0.3 is 10.1 Å². The highest BCUT2D eigenvalue weighted by molar-refractivity contribution is 7.98. The van der Waals surface area contributed by atoms with Gasteiger partial charge in [-0.15, -0.1) is 0 Å². The Morgan fingerprint density at radius 1 is 1.00 bits per heavy atom. The van der Waals surface area contributed by atoms with Crippen LogP contribution in [0.2, 0.25) is 0 Å². The monoisotopic (exact) mass is 392 g/mol. The number of rotatable bonds is 9. The highest BCUT2D eigenvalue weighted by Crippen LogP contribution is 2.24. The SMILES string of the molecule is COc1ccc(C(NC(=O)CCSCc2ccccn2)c2ccccc2)cc1. The summed E-state index contributed by atoms with van der Waals surface area (Å²) in [7, 11) is 1.65. The molecule has 0 aliphatic heterocycles. The average Bonchev–Trinajstić information content (AvgIpc) is 2.76. The summed E-state index contributed by atoms with van der Waals surface area (Å²) in [5, 5.41) is 3.18. The van der Waals surface area contributed by atoms with Crippen LogP contribution in [0.4, 0.5) is 0 Å². The molecule has 0 aliphatic rings. The van der Waals surface area contributed by atoms with Gasteiger partial charge >= 0.3 is 0 Å². The summed E-state index contributed by atoms with van der Waals surface area (Å²) >= 11 is 1.72. The van der Waals surface area contributed by atoms with Crippen molar-refractivity contribution in [2.45, 2.75) is 18.2 Å². The third-order valence-corrected chi connectivity index (χ3v) is 5.33. The number of amides is 1. The van der Waals surface area contributed by atoms with Crippen LogP contribution in [-0.2, 0) is 10.5 Å². The van der Waals surface area contributed by atoms with Crippen molar-refractivity contribution in [3.8, 4) is 5.75 Å². The van der Waals surface area contributed by atoms with Crippen molar-refractivity contribution < 1.29 is 9.53 Å². The first kappa shape index (κ1) is 20.0. The third-order valence-electron chi connectivity index (χ3n) is 4.34. The van der Waals surface area contributed by atoms with Crippen LogP contribution in [0.25, 0.3) is 0 Å². The first-order valence-corrected chi connectivity index (χ1v) is 10.4. The van der Waals surface area contributed by atoms with Crippen LogP contribution in [0.3, 0.4) is 0 Å². The number of benzene rings is 2. The summed E-state index contributed by atoms with van der Waals surface area (Å²) in [5.41, 5.74) is 3.12. The molecule has 0 radical (unpaired) electrons. The molecular weight excluding hydrogens is 368 g/mol. The van der Waals surface area contributed by atoms with Crippen molar-refractivity contribution in [3.05, 3.63) is 95.8 Å². The molecule has 0 bridgehead atoms. The molecule has 3 rings (SSSR count). The number of carbonyl (C=O) groups is 1. The van der Waals surface area contributed by atoms with Gasteiger partial charge in [0.05, 0.1) is 18.8 Å². The van der Waals surface area contributed by atoms with E-state index in [1.165, 1.54) is 0 Å². The Kier molecular flexibility index (Phi) is 7.50. The maximum atomic E-state index is 12.6. The van der Waals surface area contributed by atoms with Crippen LogP contribution in [0, 0.1) is 0 Å². The van der Waals surface area contributed by atoms with Crippen LogP contribution in [-0.4, -0.2) is 23.8 Å². The molecule has 5 heteroatoms. The van der Waals surface area contributed by atoms with Gasteiger partial charge in [-0.1, -0.05) is 48.5 Å². The van der Waals surface area contributed by atoms with Crippen LogP contribution in [0.15, 0.2) is 79.0 Å². The zero-order valence-electron chi connectivity index (χ0n) is 15.9. The molecule has 1 aromatic heterocycles. The molecule has 0 aliphatic carbocycles. The van der Waals surface area contributed by atoms with Gasteiger partial charge in [0, 0.05) is 24.1 Å². The van der Waals surface area contributed by atoms with Gasteiger partial charge in [-0.05, 0) is 35.4 Å². The molecule has 2 aromatic carbocycles. The van der Waals surface area contributed by atoms with Crippen LogP contribution in [0.1, 0.15) is 29.3 Å². The Morgan fingerprint density at radius 3 is 2.39 bits per heavy atom. The van der Waals surface area contributed by atoms with E-state index < -0.39 is 0 Å². The van der Waals surface area contributed by atoms with Crippen molar-refractivity contribution in [3.63, 3.8) is 0 Å². The van der Waals surface area contributed by atoms with E-state index in [0.717, 1.165) is 34.1 Å². The van der Waals surface area contributed by atoms with Crippen molar-refractivity contribution in [1.82, 2.24) is 10.3 Å². The molecule has 28 heavy (non-hydrogen) atoms. The lowest BCUT2D eigenvalue weighted by Gasteiger charge is -2.20. The predicted octanol–water partition coefficient (Wildman–Crippen LogP) is 4.62. The van der Waals surface area contributed by atoms with Gasteiger partial charge in [0.25, 0.3) is 0 Å². The third kappa shape index (κ3) is 5.86. The predicted molar refractivity (Wildman–Crippen MR) is 114 cm³/mol. The van der Waals surface area contributed by atoms with Crippen molar-refractivity contribution in [2.75, 3.05) is 12.9 Å². The number of hydrogen-bond acceptors (Lipinski definition) is 4. The van der Waals surface area contributed by atoms with E-state index >= 15 is 0 Å². The molecule has 3 aromatic rings. The van der Waals surface area contributed by atoms with Crippen LogP contribution in [0.5, 0.6) is 5.75 Å². The van der Waals surface area contributed by atoms with E-state index in [1.807, 2.05) is 72.8 Å². The first-order valence-electron chi connectivity index (χ1n) is 9.22. The average molecular weight is 393 g/mol. The Hall–Kier alpha value is -2.79. The lowest BCUT2D eigenvalue weighted by Crippen LogP contribution is -2.29. The molecule has 1 amide bonds. The number of pyridine rings is 1. The van der Waals surface area contributed by atoms with E-state index in [0.29, 0.717) is 6.42 Å². The van der Waals surface area contributed by atoms with Gasteiger partial charge in [0.15, 0.2) is 0 Å². The lowest BCUT2D eigenvalue weighted by atomic mass is 9.98. The minimum atomic E-state index is -0.180. The summed E-state index contributed by atoms with van der Waals surface area (Å²) < 4.78 is 5.24. The molecule has 0 fully saturated rings. The van der Waals surface area contributed by atoms with Gasteiger partial charge in [0.1, 0.15) is 5.75 Å². The van der Waals surface area contributed by atoms with Gasteiger partial charge in [-0.3, -0.25) is 9.78 Å². The fourth-order valence-electron chi connectivity index (χ4n) is 2.86. The van der Waals surface area contributed by atoms with Crippen molar-refractivity contribution in [2.24, 2.45) is 0 Å². The number of nitrogens with zero attached hydrogens (tertiary/aromatic N) is 1. The number of ether oxygens (including phenoxy) is 1. The summed E-state index contributed by atoms with van der Waals surface area (Å²) in [4.78, 5) is 16.9. The van der Waals surface area contributed by atoms with E-state index in [-0.39, 0.29) is 11.9 Å². The number of aromatic nitrogens is 1. The molecule has 4 nitrogen and oxygen atoms in total. The first-order chi connectivity index (χ1) is 13.8. The molecule has 0 saturated carbocycles. The Balaban J connectivity index is 1.59. The number of thioether (sulfide) groups is 1. The fourth-order valence-corrected chi connectivity index (χ4v) is 3.71. The van der Waals surface area contributed by atoms with Crippen molar-refractivity contribution >= 4 is 17.7 Å². The summed E-state index contributed by atoms with van der Waals surface area (Å²) in [6.45, 7) is 0. The lowest BCUT2D eigenvalue weighted by molar-refractivity contribution is -0.121. The zero-order valence-corrected chi connectivity index (χ0v) is 16.7. The molecule has 0 spiro atoms. The maximum absolute atomic E-state index is 12.6. The standard InChI is InChI=1S/C23H24N2O2S/c1-27-21-12-10-19(11-13-21)23(18-7-3-2-4-8-18)25-22(26)14-16-28-17-20-9-5-6-15-24-20/h2-13,15,23H,14,16-17H2,1H3,(H,25,26). The highest BCUT2D eigenvalue weighted by Gasteiger charge is 2.16. The minimum Gasteiger partial charge on any atom is -0.497 e. The summed E-state index contributed by atoms with van der Waals surface area (Å²) in [6.07, 6.45) is 2.26. The molecule has 0 saturated heterocycles. The fraction of sp³-hybridized carbons (Fsp3) is 0.217. The molecule has 1 unspecified atom stereocenters. The Bertz CT molecular complexity index is 855. The quantitative estimate of drug-likeness (QED) is 0.540. The molecule has 1 N–H and O–H groups in total. The second-order valence-electron chi connectivity index (χ2n) is 6.31. The van der Waals surface area contributed by atoms with Gasteiger partial charge in [-0.2, -0.15) is 11.8 Å². The Morgan fingerprint density at radius 2 is 1.71 bits per heavy atom. The number of carbonyl (C=O) groups excluding carboxylic acids is 1. The second kappa shape index (κ2) is 10.5. The summed E-state index contributed by atoms with van der Waals surface area (Å²) in [5.74, 6) is 2.41. The van der Waals surface area contributed by atoms with Crippen molar-refractivity contribution in [1.29, 1.82) is 0 Å².